The zero-order valence-corrected chi connectivity index (χ0v) is 19.3. The van der Waals surface area contributed by atoms with Gasteiger partial charge in [0, 0.05) is 22.3 Å². The summed E-state index contributed by atoms with van der Waals surface area (Å²) in [4.78, 5) is 31.0. The summed E-state index contributed by atoms with van der Waals surface area (Å²) in [6.45, 7) is 0. The quantitative estimate of drug-likeness (QED) is 0.397. The Kier molecular flexibility index (Phi) is 6.50. The summed E-state index contributed by atoms with van der Waals surface area (Å²) >= 11 is 6.22. The van der Waals surface area contributed by atoms with Gasteiger partial charge in [0.25, 0.3) is 5.56 Å². The number of carbonyl (C=O) groups excluding carboxylic acids is 1. The topological polar surface area (TPSA) is 73.2 Å². The minimum Gasteiger partial charge on any atom is -0.497 e. The van der Waals surface area contributed by atoms with Gasteiger partial charge < -0.3 is 10.1 Å². The Bertz CT molecular complexity index is 1130. The molecule has 2 heterocycles. The van der Waals surface area contributed by atoms with E-state index in [1.165, 1.54) is 11.8 Å². The maximum Gasteiger partial charge on any atom is 0.272 e. The van der Waals surface area contributed by atoms with Gasteiger partial charge in [-0.05, 0) is 48.5 Å². The lowest BCUT2D eigenvalue weighted by molar-refractivity contribution is -0.113. The molecule has 0 unspecified atom stereocenters. The minimum atomic E-state index is -0.170. The van der Waals surface area contributed by atoms with Crippen LogP contribution in [0.2, 0.25) is 0 Å². The maximum atomic E-state index is 13.1. The van der Waals surface area contributed by atoms with Crippen LogP contribution in [-0.4, -0.2) is 34.1 Å². The first-order valence-electron chi connectivity index (χ1n) is 9.16. The Balaban J connectivity index is 1.57. The van der Waals surface area contributed by atoms with E-state index in [0.29, 0.717) is 15.7 Å². The fourth-order valence-corrected chi connectivity index (χ4v) is 5.13. The molecule has 0 aliphatic carbocycles. The number of carbonyl (C=O) groups is 1. The predicted molar refractivity (Wildman–Crippen MR) is 124 cm³/mol. The number of rotatable bonds is 6. The molecule has 4 rings (SSSR count). The zero-order valence-electron chi connectivity index (χ0n) is 16.1. The Morgan fingerprint density at radius 3 is 2.67 bits per heavy atom. The van der Waals surface area contributed by atoms with Crippen molar-refractivity contribution in [2.24, 2.45) is 0 Å². The van der Waals surface area contributed by atoms with Crippen molar-refractivity contribution in [3.8, 4) is 11.4 Å². The van der Waals surface area contributed by atoms with Crippen LogP contribution in [0.3, 0.4) is 0 Å². The van der Waals surface area contributed by atoms with Crippen molar-refractivity contribution in [1.82, 2.24) is 9.55 Å². The van der Waals surface area contributed by atoms with Gasteiger partial charge in [-0.3, -0.25) is 14.2 Å². The van der Waals surface area contributed by atoms with E-state index in [1.807, 2.05) is 24.3 Å². The highest BCUT2D eigenvalue weighted by Crippen LogP contribution is 2.30. The van der Waals surface area contributed by atoms with Gasteiger partial charge in [-0.2, -0.15) is 0 Å². The number of amides is 1. The molecule has 0 bridgehead atoms. The Labute approximate surface area is 190 Å². The number of fused-ring (bicyclic) bond motifs is 1. The van der Waals surface area contributed by atoms with Crippen LogP contribution < -0.4 is 15.6 Å². The summed E-state index contributed by atoms with van der Waals surface area (Å²) in [5, 5.41) is 3.38. The van der Waals surface area contributed by atoms with Crippen molar-refractivity contribution >= 4 is 51.0 Å². The molecule has 2 aromatic carbocycles. The first kappa shape index (κ1) is 21.0. The van der Waals surface area contributed by atoms with Gasteiger partial charge in [-0.1, -0.05) is 27.7 Å². The van der Waals surface area contributed by atoms with Gasteiger partial charge in [0.2, 0.25) is 5.91 Å². The number of halogens is 1. The molecule has 1 aliphatic heterocycles. The van der Waals surface area contributed by atoms with Gasteiger partial charge >= 0.3 is 0 Å². The number of anilines is 1. The molecule has 0 saturated heterocycles. The van der Waals surface area contributed by atoms with Crippen LogP contribution in [-0.2, 0) is 11.2 Å². The third-order valence-corrected chi connectivity index (χ3v) is 7.03. The molecule has 9 heteroatoms. The van der Waals surface area contributed by atoms with E-state index >= 15 is 0 Å². The molecule has 0 radical (unpaired) electrons. The van der Waals surface area contributed by atoms with Crippen LogP contribution in [0.5, 0.6) is 5.75 Å². The number of hydrogen-bond donors (Lipinski definition) is 1. The van der Waals surface area contributed by atoms with E-state index in [4.69, 9.17) is 9.72 Å². The van der Waals surface area contributed by atoms with Gasteiger partial charge in [0.1, 0.15) is 5.75 Å². The van der Waals surface area contributed by atoms with Crippen LogP contribution in [0.4, 0.5) is 5.69 Å². The maximum absolute atomic E-state index is 13.1. The molecule has 0 spiro atoms. The highest BCUT2D eigenvalue weighted by molar-refractivity contribution is 9.10. The van der Waals surface area contributed by atoms with Crippen molar-refractivity contribution in [2.75, 3.05) is 23.9 Å². The van der Waals surface area contributed by atoms with Gasteiger partial charge in [-0.15, -0.1) is 11.8 Å². The minimum absolute atomic E-state index is 0.0807. The lowest BCUT2D eigenvalue weighted by atomic mass is 10.3. The van der Waals surface area contributed by atoms with E-state index < -0.39 is 0 Å². The largest absolute Gasteiger partial charge is 0.497 e. The van der Waals surface area contributed by atoms with Gasteiger partial charge in [-0.25, -0.2) is 4.98 Å². The zero-order chi connectivity index (χ0) is 21.1. The first-order chi connectivity index (χ1) is 14.5. The normalized spacial score (nSPS) is 12.5. The number of ether oxygens (including phenoxy) is 1. The summed E-state index contributed by atoms with van der Waals surface area (Å²) < 4.78 is 7.65. The first-order valence-corrected chi connectivity index (χ1v) is 11.9. The standard InChI is InChI=1S/C21H18BrN3O3S2/c1-28-16-8-4-14(5-9-16)23-18(26)12-30-21-24-17-10-11-29-19(17)20(27)25(21)15-6-2-13(22)3-7-15/h2-9H,10-12H2,1H3,(H,23,26). The van der Waals surface area contributed by atoms with E-state index in [9.17, 15) is 9.59 Å². The lowest BCUT2D eigenvalue weighted by Crippen LogP contribution is -2.24. The SMILES string of the molecule is COc1ccc(NC(=O)CSc2nc3c(c(=O)n2-c2ccc(Br)cc2)SCC3)cc1. The number of nitrogens with zero attached hydrogens (tertiary/aromatic N) is 2. The van der Waals surface area contributed by atoms with E-state index in [0.717, 1.165) is 33.8 Å². The fraction of sp³-hybridized carbons (Fsp3) is 0.190. The van der Waals surface area contributed by atoms with Crippen molar-refractivity contribution in [3.05, 3.63) is 69.1 Å². The average Bonchev–Trinajstić information content (AvgIpc) is 3.23. The Morgan fingerprint density at radius 2 is 1.97 bits per heavy atom. The van der Waals surface area contributed by atoms with Crippen LogP contribution in [0.25, 0.3) is 5.69 Å². The number of nitrogens with one attached hydrogen (secondary N) is 1. The third kappa shape index (κ3) is 4.58. The summed E-state index contributed by atoms with van der Waals surface area (Å²) in [7, 11) is 1.59. The second-order valence-corrected chi connectivity index (χ2v) is 9.41. The van der Waals surface area contributed by atoms with Crippen molar-refractivity contribution < 1.29 is 9.53 Å². The van der Waals surface area contributed by atoms with E-state index in [2.05, 4.69) is 21.2 Å². The van der Waals surface area contributed by atoms with Crippen molar-refractivity contribution in [3.63, 3.8) is 0 Å². The third-order valence-electron chi connectivity index (χ3n) is 4.46. The van der Waals surface area contributed by atoms with Crippen LogP contribution in [0, 0.1) is 0 Å². The lowest BCUT2D eigenvalue weighted by Gasteiger charge is -2.14. The van der Waals surface area contributed by atoms with Gasteiger partial charge in [0.15, 0.2) is 5.16 Å². The fourth-order valence-electron chi connectivity index (χ4n) is 3.01. The van der Waals surface area contributed by atoms with Crippen LogP contribution in [0.1, 0.15) is 5.69 Å². The molecule has 0 fully saturated rings. The molecule has 1 N–H and O–H groups in total. The highest BCUT2D eigenvalue weighted by Gasteiger charge is 2.23. The molecule has 0 atom stereocenters. The number of methoxy groups -OCH3 is 1. The molecule has 0 saturated carbocycles. The summed E-state index contributed by atoms with van der Waals surface area (Å²) in [5.74, 6) is 1.54. The van der Waals surface area contributed by atoms with E-state index in [1.54, 1.807) is 47.7 Å². The van der Waals surface area contributed by atoms with Crippen molar-refractivity contribution in [2.45, 2.75) is 16.5 Å². The molecule has 3 aromatic rings. The summed E-state index contributed by atoms with van der Waals surface area (Å²) in [5.41, 5.74) is 2.15. The summed E-state index contributed by atoms with van der Waals surface area (Å²) in [6, 6.07) is 14.6. The van der Waals surface area contributed by atoms with Crippen molar-refractivity contribution in [1.29, 1.82) is 0 Å². The highest BCUT2D eigenvalue weighted by atomic mass is 79.9. The molecule has 1 aliphatic rings. The predicted octanol–water partition coefficient (Wildman–Crippen LogP) is 4.38. The molecule has 154 valence electrons. The number of benzene rings is 2. The molecule has 1 amide bonds. The molecule has 1 aromatic heterocycles. The number of aryl methyl sites for hydroxylation is 1. The molecule has 30 heavy (non-hydrogen) atoms. The number of aromatic nitrogens is 2. The van der Waals surface area contributed by atoms with Crippen LogP contribution in [0.15, 0.2) is 67.9 Å². The molecular formula is C21H18BrN3O3S2. The second-order valence-electron chi connectivity index (χ2n) is 6.45. The Hall–Kier alpha value is -2.23. The molecular weight excluding hydrogens is 486 g/mol. The van der Waals surface area contributed by atoms with Gasteiger partial charge in [0.05, 0.1) is 29.1 Å². The van der Waals surface area contributed by atoms with E-state index in [-0.39, 0.29) is 17.2 Å². The summed E-state index contributed by atoms with van der Waals surface area (Å²) in [6.07, 6.45) is 0.766. The number of hydrogen-bond acceptors (Lipinski definition) is 6. The molecule has 6 nitrogen and oxygen atoms in total. The number of thioether (sulfide) groups is 2. The average molecular weight is 504 g/mol. The van der Waals surface area contributed by atoms with Crippen LogP contribution >= 0.6 is 39.5 Å². The Morgan fingerprint density at radius 1 is 1.23 bits per heavy atom. The smallest absolute Gasteiger partial charge is 0.272 e. The monoisotopic (exact) mass is 503 g/mol. The second kappa shape index (κ2) is 9.28.